The van der Waals surface area contributed by atoms with E-state index in [0.717, 1.165) is 4.47 Å². The predicted octanol–water partition coefficient (Wildman–Crippen LogP) is 5.06. The number of hydrogen-bond acceptors (Lipinski definition) is 4. The van der Waals surface area contributed by atoms with E-state index in [2.05, 4.69) is 20.9 Å². The monoisotopic (exact) mass is 455 g/mol. The summed E-state index contributed by atoms with van der Waals surface area (Å²) in [6.45, 7) is 1.05. The molecule has 0 bridgehead atoms. The molecule has 0 aliphatic carbocycles. The van der Waals surface area contributed by atoms with Gasteiger partial charge in [0.05, 0.1) is 15.3 Å². The van der Waals surface area contributed by atoms with Crippen LogP contribution in [0.4, 0.5) is 9.52 Å². The second kappa shape index (κ2) is 8.00. The molecule has 3 aromatic rings. The molecule has 8 heteroatoms. The Hall–Kier alpha value is -1.54. The number of nitrogens with zero attached hydrogens (tertiary/aromatic N) is 3. The second-order valence-corrected chi connectivity index (χ2v) is 8.30. The van der Waals surface area contributed by atoms with Gasteiger partial charge in [0.1, 0.15) is 11.3 Å². The minimum absolute atomic E-state index is 0.266. The van der Waals surface area contributed by atoms with Gasteiger partial charge in [-0.2, -0.15) is 0 Å². The molecule has 3 rings (SSSR count). The molecule has 0 saturated carbocycles. The first-order valence-electron chi connectivity index (χ1n) is 7.83. The molecule has 136 valence electrons. The van der Waals surface area contributed by atoms with Gasteiger partial charge in [-0.15, -0.1) is 0 Å². The highest BCUT2D eigenvalue weighted by atomic mass is 79.9. The Labute approximate surface area is 168 Å². The van der Waals surface area contributed by atoms with Crippen molar-refractivity contribution in [3.05, 3.63) is 57.3 Å². The standard InChI is InChI=1S/C18H16BrClFN3OS/c1-23(2)8-9-24(17(25)12-10-11(19)6-7-13(12)20)18-22-16-14(21)4-3-5-15(16)26-18/h3-7,10H,8-9H2,1-2H3. The third-order valence-electron chi connectivity index (χ3n) is 3.76. The average molecular weight is 457 g/mol. The summed E-state index contributed by atoms with van der Waals surface area (Å²) in [4.78, 5) is 21.1. The van der Waals surface area contributed by atoms with E-state index < -0.39 is 5.82 Å². The van der Waals surface area contributed by atoms with Crippen molar-refractivity contribution in [2.24, 2.45) is 0 Å². The fourth-order valence-electron chi connectivity index (χ4n) is 2.41. The van der Waals surface area contributed by atoms with Gasteiger partial charge < -0.3 is 4.90 Å². The summed E-state index contributed by atoms with van der Waals surface area (Å²) in [6.07, 6.45) is 0. The molecule has 1 heterocycles. The SMILES string of the molecule is CN(C)CCN(C(=O)c1cc(Br)ccc1Cl)c1nc2c(F)cccc2s1. The van der Waals surface area contributed by atoms with E-state index in [1.165, 1.54) is 17.4 Å². The maximum absolute atomic E-state index is 14.0. The molecule has 0 unspecified atom stereocenters. The van der Waals surface area contributed by atoms with Crippen molar-refractivity contribution in [1.82, 2.24) is 9.88 Å². The van der Waals surface area contributed by atoms with Crippen molar-refractivity contribution in [3.63, 3.8) is 0 Å². The Morgan fingerprint density at radius 3 is 2.73 bits per heavy atom. The van der Waals surface area contributed by atoms with E-state index >= 15 is 0 Å². The number of carbonyl (C=O) groups is 1. The van der Waals surface area contributed by atoms with E-state index in [1.54, 1.807) is 35.2 Å². The number of carbonyl (C=O) groups excluding carboxylic acids is 1. The van der Waals surface area contributed by atoms with Gasteiger partial charge in [-0.3, -0.25) is 9.69 Å². The minimum atomic E-state index is -0.398. The van der Waals surface area contributed by atoms with Crippen LogP contribution in [-0.2, 0) is 0 Å². The summed E-state index contributed by atoms with van der Waals surface area (Å²) in [5, 5.41) is 0.813. The molecule has 26 heavy (non-hydrogen) atoms. The number of benzene rings is 2. The number of likely N-dealkylation sites (N-methyl/N-ethyl adjacent to an activating group) is 1. The van der Waals surface area contributed by atoms with Gasteiger partial charge in [-0.1, -0.05) is 44.9 Å². The highest BCUT2D eigenvalue weighted by molar-refractivity contribution is 9.10. The van der Waals surface area contributed by atoms with Gasteiger partial charge in [-0.25, -0.2) is 9.37 Å². The Morgan fingerprint density at radius 1 is 1.27 bits per heavy atom. The predicted molar refractivity (Wildman–Crippen MR) is 109 cm³/mol. The molecule has 0 radical (unpaired) electrons. The molecule has 0 saturated heterocycles. The molecule has 0 aliphatic rings. The summed E-state index contributed by atoms with van der Waals surface area (Å²) in [5.41, 5.74) is 0.648. The minimum Gasteiger partial charge on any atom is -0.308 e. The quantitative estimate of drug-likeness (QED) is 0.538. The molecule has 0 aliphatic heterocycles. The zero-order chi connectivity index (χ0) is 18.8. The van der Waals surface area contributed by atoms with Crippen molar-refractivity contribution >= 4 is 60.1 Å². The van der Waals surface area contributed by atoms with Crippen LogP contribution in [0.15, 0.2) is 40.9 Å². The van der Waals surface area contributed by atoms with Crippen LogP contribution in [0.5, 0.6) is 0 Å². The molecule has 4 nitrogen and oxygen atoms in total. The molecule has 0 spiro atoms. The molecule has 2 aromatic carbocycles. The van der Waals surface area contributed by atoms with Crippen LogP contribution in [0, 0.1) is 5.82 Å². The number of fused-ring (bicyclic) bond motifs is 1. The smallest absolute Gasteiger partial charge is 0.261 e. The number of amides is 1. The molecule has 0 fully saturated rings. The number of rotatable bonds is 5. The van der Waals surface area contributed by atoms with Crippen molar-refractivity contribution in [1.29, 1.82) is 0 Å². The summed E-state index contributed by atoms with van der Waals surface area (Å²) in [6, 6.07) is 9.92. The molecular formula is C18H16BrClFN3OS. The normalized spacial score (nSPS) is 11.3. The first-order valence-corrected chi connectivity index (χ1v) is 9.82. The van der Waals surface area contributed by atoms with Crippen LogP contribution in [0.2, 0.25) is 5.02 Å². The van der Waals surface area contributed by atoms with Crippen LogP contribution in [0.1, 0.15) is 10.4 Å². The van der Waals surface area contributed by atoms with E-state index in [9.17, 15) is 9.18 Å². The summed E-state index contributed by atoms with van der Waals surface area (Å²) in [5.74, 6) is -0.664. The highest BCUT2D eigenvalue weighted by Crippen LogP contribution is 2.32. The number of anilines is 1. The number of hydrogen-bond donors (Lipinski definition) is 0. The number of halogens is 3. The topological polar surface area (TPSA) is 36.4 Å². The van der Waals surface area contributed by atoms with Crippen molar-refractivity contribution < 1.29 is 9.18 Å². The van der Waals surface area contributed by atoms with Crippen molar-refractivity contribution in [2.45, 2.75) is 0 Å². The first kappa shape index (κ1) is 19.2. The van der Waals surface area contributed by atoms with Crippen LogP contribution in [0.3, 0.4) is 0 Å². The Bertz CT molecular complexity index is 963. The maximum atomic E-state index is 14.0. The zero-order valence-corrected chi connectivity index (χ0v) is 17.3. The van der Waals surface area contributed by atoms with E-state index in [-0.39, 0.29) is 11.4 Å². The summed E-state index contributed by atoms with van der Waals surface area (Å²) >= 11 is 10.9. The number of aromatic nitrogens is 1. The summed E-state index contributed by atoms with van der Waals surface area (Å²) < 4.78 is 15.5. The zero-order valence-electron chi connectivity index (χ0n) is 14.2. The van der Waals surface area contributed by atoms with Gasteiger partial charge in [0.15, 0.2) is 5.13 Å². The van der Waals surface area contributed by atoms with Crippen molar-refractivity contribution in [3.8, 4) is 0 Å². The molecule has 1 amide bonds. The second-order valence-electron chi connectivity index (χ2n) is 5.97. The lowest BCUT2D eigenvalue weighted by Crippen LogP contribution is -2.36. The molecular weight excluding hydrogens is 441 g/mol. The summed E-state index contributed by atoms with van der Waals surface area (Å²) in [7, 11) is 3.85. The Kier molecular flexibility index (Phi) is 5.92. The van der Waals surface area contributed by atoms with Crippen LogP contribution in [0.25, 0.3) is 10.2 Å². The van der Waals surface area contributed by atoms with E-state index in [1.807, 2.05) is 19.0 Å². The largest absolute Gasteiger partial charge is 0.308 e. The van der Waals surface area contributed by atoms with E-state index in [0.29, 0.717) is 33.5 Å². The Morgan fingerprint density at radius 2 is 2.04 bits per heavy atom. The number of thiazole rings is 1. The lowest BCUT2D eigenvalue weighted by Gasteiger charge is -2.22. The van der Waals surface area contributed by atoms with Crippen LogP contribution < -0.4 is 4.90 Å². The first-order chi connectivity index (χ1) is 12.4. The van der Waals surface area contributed by atoms with Gasteiger partial charge in [0, 0.05) is 17.6 Å². The molecule has 0 N–H and O–H groups in total. The lowest BCUT2D eigenvalue weighted by molar-refractivity contribution is 0.0985. The fourth-order valence-corrected chi connectivity index (χ4v) is 3.97. The molecule has 0 atom stereocenters. The van der Waals surface area contributed by atoms with Crippen LogP contribution in [-0.4, -0.2) is 43.0 Å². The Balaban J connectivity index is 2.04. The van der Waals surface area contributed by atoms with Crippen molar-refractivity contribution in [2.75, 3.05) is 32.1 Å². The average Bonchev–Trinajstić information content (AvgIpc) is 3.02. The van der Waals surface area contributed by atoms with Gasteiger partial charge in [0.25, 0.3) is 5.91 Å². The van der Waals surface area contributed by atoms with E-state index in [4.69, 9.17) is 11.6 Å². The third kappa shape index (κ3) is 4.06. The lowest BCUT2D eigenvalue weighted by atomic mass is 10.2. The van der Waals surface area contributed by atoms with Gasteiger partial charge in [-0.05, 0) is 44.4 Å². The van der Waals surface area contributed by atoms with Crippen LogP contribution >= 0.6 is 38.9 Å². The maximum Gasteiger partial charge on any atom is 0.261 e. The van der Waals surface area contributed by atoms with Gasteiger partial charge in [0.2, 0.25) is 0 Å². The van der Waals surface area contributed by atoms with Gasteiger partial charge >= 0.3 is 0 Å². The molecule has 1 aromatic heterocycles. The fraction of sp³-hybridized carbons (Fsp3) is 0.222. The number of para-hydroxylation sites is 1. The highest BCUT2D eigenvalue weighted by Gasteiger charge is 2.24. The third-order valence-corrected chi connectivity index (χ3v) is 5.63.